The molecule has 1 amide bonds. The lowest BCUT2D eigenvalue weighted by molar-refractivity contribution is -0.147. The first kappa shape index (κ1) is 23.8. The predicted octanol–water partition coefficient (Wildman–Crippen LogP) is 4.30. The third kappa shape index (κ3) is 7.37. The monoisotopic (exact) mass is 473 g/mol. The highest BCUT2D eigenvalue weighted by atomic mass is 35.5. The van der Waals surface area contributed by atoms with Crippen molar-refractivity contribution in [1.29, 1.82) is 0 Å². The van der Waals surface area contributed by atoms with Gasteiger partial charge in [0.05, 0.1) is 6.04 Å². The van der Waals surface area contributed by atoms with E-state index in [9.17, 15) is 14.7 Å². The molecule has 0 aliphatic heterocycles. The third-order valence-corrected chi connectivity index (χ3v) is 6.01. The molecule has 1 heterocycles. The van der Waals surface area contributed by atoms with Crippen molar-refractivity contribution in [2.24, 2.45) is 0 Å². The quantitative estimate of drug-likeness (QED) is 0.339. The number of rotatable bonds is 10. The van der Waals surface area contributed by atoms with Crippen LogP contribution in [-0.4, -0.2) is 34.7 Å². The maximum atomic E-state index is 12.4. The van der Waals surface area contributed by atoms with E-state index in [-0.39, 0.29) is 19.6 Å². The fourth-order valence-electron chi connectivity index (χ4n) is 2.97. The molecule has 3 aromatic rings. The van der Waals surface area contributed by atoms with Gasteiger partial charge in [0.1, 0.15) is 19.3 Å². The highest BCUT2D eigenvalue weighted by Gasteiger charge is 2.34. The molecule has 2 aromatic carbocycles. The van der Waals surface area contributed by atoms with Gasteiger partial charge in [-0.2, -0.15) is 0 Å². The fourth-order valence-corrected chi connectivity index (χ4v) is 3.97. The van der Waals surface area contributed by atoms with Gasteiger partial charge in [0.2, 0.25) is 0 Å². The molecule has 0 spiro atoms. The number of alkyl halides is 1. The number of benzene rings is 2. The van der Waals surface area contributed by atoms with E-state index in [2.05, 4.69) is 5.32 Å². The van der Waals surface area contributed by atoms with E-state index in [1.807, 2.05) is 78.2 Å². The van der Waals surface area contributed by atoms with E-state index in [4.69, 9.17) is 21.1 Å². The first-order chi connectivity index (χ1) is 15.5. The number of esters is 1. The fraction of sp³-hybridized carbons (Fsp3) is 0.250. The van der Waals surface area contributed by atoms with Gasteiger partial charge >= 0.3 is 12.1 Å². The molecule has 0 aliphatic carbocycles. The number of carbonyl (C=O) groups excluding carboxylic acids is 2. The van der Waals surface area contributed by atoms with Crippen molar-refractivity contribution in [2.75, 3.05) is 0 Å². The van der Waals surface area contributed by atoms with Crippen molar-refractivity contribution < 1.29 is 24.2 Å². The van der Waals surface area contributed by atoms with Crippen molar-refractivity contribution in [1.82, 2.24) is 5.32 Å². The Hall–Kier alpha value is -2.87. The SMILES string of the molecule is O=C(NC(Cc1cccs1)C(O)C(Cl)C(=O)OCc1ccccc1)OCc1ccccc1. The molecule has 168 valence electrons. The van der Waals surface area contributed by atoms with Crippen molar-refractivity contribution in [3.8, 4) is 0 Å². The van der Waals surface area contributed by atoms with Gasteiger partial charge < -0.3 is 19.9 Å². The van der Waals surface area contributed by atoms with Gasteiger partial charge in [-0.15, -0.1) is 22.9 Å². The molecular weight excluding hydrogens is 450 g/mol. The summed E-state index contributed by atoms with van der Waals surface area (Å²) in [4.78, 5) is 25.7. The van der Waals surface area contributed by atoms with Crippen LogP contribution in [0.2, 0.25) is 0 Å². The number of hydrogen-bond acceptors (Lipinski definition) is 6. The number of amides is 1. The molecule has 0 aliphatic rings. The Bertz CT molecular complexity index is 969. The number of ether oxygens (including phenoxy) is 2. The lowest BCUT2D eigenvalue weighted by Gasteiger charge is -2.26. The zero-order chi connectivity index (χ0) is 22.8. The minimum Gasteiger partial charge on any atom is -0.460 e. The van der Waals surface area contributed by atoms with E-state index >= 15 is 0 Å². The predicted molar refractivity (Wildman–Crippen MR) is 123 cm³/mol. The van der Waals surface area contributed by atoms with E-state index in [0.717, 1.165) is 16.0 Å². The summed E-state index contributed by atoms with van der Waals surface area (Å²) in [6.45, 7) is 0.121. The molecule has 6 nitrogen and oxygen atoms in total. The second-order valence-electron chi connectivity index (χ2n) is 7.08. The number of thiophene rings is 1. The number of alkyl carbamates (subject to hydrolysis) is 1. The van der Waals surface area contributed by atoms with Crippen LogP contribution in [-0.2, 0) is 33.9 Å². The van der Waals surface area contributed by atoms with Crippen LogP contribution in [0.4, 0.5) is 4.79 Å². The molecule has 3 unspecified atom stereocenters. The van der Waals surface area contributed by atoms with Crippen LogP contribution in [0, 0.1) is 0 Å². The summed E-state index contributed by atoms with van der Waals surface area (Å²) >= 11 is 7.70. The molecule has 0 fully saturated rings. The summed E-state index contributed by atoms with van der Waals surface area (Å²) < 4.78 is 10.5. The first-order valence-corrected chi connectivity index (χ1v) is 11.4. The van der Waals surface area contributed by atoms with Crippen LogP contribution in [0.25, 0.3) is 0 Å². The van der Waals surface area contributed by atoms with Gasteiger partial charge in [-0.25, -0.2) is 4.79 Å². The van der Waals surface area contributed by atoms with Gasteiger partial charge in [-0.1, -0.05) is 66.7 Å². The largest absolute Gasteiger partial charge is 0.460 e. The van der Waals surface area contributed by atoms with Crippen LogP contribution in [0.15, 0.2) is 78.2 Å². The molecular formula is C24H24ClNO5S. The van der Waals surface area contributed by atoms with Crippen LogP contribution in [0.1, 0.15) is 16.0 Å². The minimum absolute atomic E-state index is 0.0394. The summed E-state index contributed by atoms with van der Waals surface area (Å²) in [7, 11) is 0. The lowest BCUT2D eigenvalue weighted by Crippen LogP contribution is -2.50. The van der Waals surface area contributed by atoms with Crippen molar-refractivity contribution in [2.45, 2.75) is 37.2 Å². The Kier molecular flexibility index (Phi) is 9.10. The topological polar surface area (TPSA) is 84.9 Å². The Balaban J connectivity index is 1.59. The van der Waals surface area contributed by atoms with Gasteiger partial charge in [-0.05, 0) is 22.6 Å². The molecule has 0 saturated heterocycles. The van der Waals surface area contributed by atoms with Crippen molar-refractivity contribution in [3.63, 3.8) is 0 Å². The average Bonchev–Trinajstić information content (AvgIpc) is 3.34. The lowest BCUT2D eigenvalue weighted by atomic mass is 10.0. The van der Waals surface area contributed by atoms with Crippen molar-refractivity contribution in [3.05, 3.63) is 94.2 Å². The Morgan fingerprint density at radius 3 is 2.06 bits per heavy atom. The molecule has 8 heteroatoms. The second-order valence-corrected chi connectivity index (χ2v) is 8.58. The summed E-state index contributed by atoms with van der Waals surface area (Å²) in [5, 5.41) is 13.9. The molecule has 0 radical (unpaired) electrons. The molecule has 1 aromatic heterocycles. The highest BCUT2D eigenvalue weighted by molar-refractivity contribution is 7.09. The standard InChI is InChI=1S/C24H24ClNO5S/c25-21(23(28)30-15-17-8-3-1-4-9-17)22(27)20(14-19-12-7-13-32-19)26-24(29)31-16-18-10-5-2-6-11-18/h1-13,20-22,27H,14-16H2,(H,26,29). The van der Waals surface area contributed by atoms with Crippen LogP contribution in [0.3, 0.4) is 0 Å². The van der Waals surface area contributed by atoms with Crippen LogP contribution in [0.5, 0.6) is 0 Å². The number of halogens is 1. The third-order valence-electron chi connectivity index (χ3n) is 4.68. The molecule has 0 bridgehead atoms. The van der Waals surface area contributed by atoms with E-state index in [0.29, 0.717) is 0 Å². The first-order valence-electron chi connectivity index (χ1n) is 10.0. The molecule has 32 heavy (non-hydrogen) atoms. The zero-order valence-corrected chi connectivity index (χ0v) is 18.8. The maximum absolute atomic E-state index is 12.4. The van der Waals surface area contributed by atoms with Crippen molar-refractivity contribution >= 4 is 35.0 Å². The zero-order valence-electron chi connectivity index (χ0n) is 17.2. The normalized spacial score (nSPS) is 13.6. The van der Waals surface area contributed by atoms with Gasteiger partial charge in [-0.3, -0.25) is 4.79 Å². The van der Waals surface area contributed by atoms with Crippen LogP contribution >= 0.6 is 22.9 Å². The Morgan fingerprint density at radius 2 is 1.50 bits per heavy atom. The smallest absolute Gasteiger partial charge is 0.407 e. The van der Waals surface area contributed by atoms with E-state index in [1.54, 1.807) is 0 Å². The average molecular weight is 474 g/mol. The number of nitrogens with one attached hydrogen (secondary N) is 1. The summed E-state index contributed by atoms with van der Waals surface area (Å²) in [6.07, 6.45) is -1.81. The highest BCUT2D eigenvalue weighted by Crippen LogP contribution is 2.18. The molecule has 3 rings (SSSR count). The minimum atomic E-state index is -1.38. The number of aliphatic hydroxyl groups is 1. The van der Waals surface area contributed by atoms with Gasteiger partial charge in [0.15, 0.2) is 5.38 Å². The molecule has 2 N–H and O–H groups in total. The van der Waals surface area contributed by atoms with E-state index < -0.39 is 29.6 Å². The number of hydrogen-bond donors (Lipinski definition) is 2. The van der Waals surface area contributed by atoms with Crippen LogP contribution < -0.4 is 5.32 Å². The Labute approximate surface area is 195 Å². The summed E-state index contributed by atoms with van der Waals surface area (Å²) in [5.74, 6) is -0.765. The van der Waals surface area contributed by atoms with Gasteiger partial charge in [0.25, 0.3) is 0 Å². The summed E-state index contributed by atoms with van der Waals surface area (Å²) in [5.41, 5.74) is 1.63. The molecule has 3 atom stereocenters. The van der Waals surface area contributed by atoms with E-state index in [1.165, 1.54) is 11.3 Å². The number of aliphatic hydroxyl groups excluding tert-OH is 1. The Morgan fingerprint density at radius 1 is 0.906 bits per heavy atom. The summed E-state index contributed by atoms with van der Waals surface area (Å²) in [6, 6.07) is 21.3. The maximum Gasteiger partial charge on any atom is 0.407 e. The second kappa shape index (κ2) is 12.2. The molecule has 0 saturated carbocycles. The van der Waals surface area contributed by atoms with Gasteiger partial charge in [0, 0.05) is 11.3 Å². The number of carbonyl (C=O) groups is 2.